The first kappa shape index (κ1) is 23.6. The molecule has 2 aromatic carbocycles. The number of nitrogens with zero attached hydrogens (tertiary/aromatic N) is 3. The number of thiazole rings is 1. The molecular formula is C30H33N3OS. The van der Waals surface area contributed by atoms with E-state index in [0.29, 0.717) is 5.92 Å². The van der Waals surface area contributed by atoms with Crippen molar-refractivity contribution in [1.82, 2.24) is 14.5 Å². The highest BCUT2D eigenvalue weighted by atomic mass is 32.1. The van der Waals surface area contributed by atoms with Crippen molar-refractivity contribution in [2.24, 2.45) is 5.92 Å². The number of rotatable bonds is 7. The summed E-state index contributed by atoms with van der Waals surface area (Å²) in [7, 11) is 0. The molecular weight excluding hydrogens is 450 g/mol. The van der Waals surface area contributed by atoms with Crippen molar-refractivity contribution < 1.29 is 4.79 Å². The molecule has 1 fully saturated rings. The second-order valence-corrected chi connectivity index (χ2v) is 10.7. The number of aryl methyl sites for hydroxylation is 2. The summed E-state index contributed by atoms with van der Waals surface area (Å²) in [5, 5.41) is 3.15. The monoisotopic (exact) mass is 483 g/mol. The Labute approximate surface area is 212 Å². The molecule has 0 atom stereocenters. The van der Waals surface area contributed by atoms with Gasteiger partial charge in [-0.15, -0.1) is 11.3 Å². The molecule has 1 aliphatic rings. The molecule has 0 bridgehead atoms. The minimum atomic E-state index is 0.160. The molecule has 0 aliphatic carbocycles. The third-order valence-electron chi connectivity index (χ3n) is 7.21. The average Bonchev–Trinajstić information content (AvgIpc) is 3.46. The number of hydrogen-bond acceptors (Lipinski definition) is 3. The molecule has 5 rings (SSSR count). The minimum Gasteiger partial charge on any atom is -0.342 e. The quantitative estimate of drug-likeness (QED) is 0.298. The molecule has 0 radical (unpaired) electrons. The van der Waals surface area contributed by atoms with Crippen LogP contribution in [0.5, 0.6) is 0 Å². The van der Waals surface area contributed by atoms with Gasteiger partial charge in [-0.1, -0.05) is 60.7 Å². The Morgan fingerprint density at radius 1 is 0.971 bits per heavy atom. The van der Waals surface area contributed by atoms with Gasteiger partial charge in [0, 0.05) is 30.7 Å². The second-order valence-electron chi connectivity index (χ2n) is 9.59. The molecule has 1 aliphatic heterocycles. The number of carbonyl (C=O) groups excluding carboxylic acids is 1. The van der Waals surface area contributed by atoms with Crippen LogP contribution in [0, 0.1) is 19.8 Å². The van der Waals surface area contributed by atoms with E-state index in [1.807, 2.05) is 13.0 Å². The fraction of sp³-hybridized carbons (Fsp3) is 0.333. The van der Waals surface area contributed by atoms with E-state index in [0.717, 1.165) is 73.0 Å². The number of aromatic nitrogens is 2. The van der Waals surface area contributed by atoms with E-state index in [9.17, 15) is 4.79 Å². The molecule has 0 N–H and O–H groups in total. The van der Waals surface area contributed by atoms with Gasteiger partial charge in [0.05, 0.1) is 22.0 Å². The highest BCUT2D eigenvalue weighted by Gasteiger charge is 2.27. The summed E-state index contributed by atoms with van der Waals surface area (Å²) in [6, 6.07) is 23.3. The van der Waals surface area contributed by atoms with Gasteiger partial charge in [-0.3, -0.25) is 4.79 Å². The third kappa shape index (κ3) is 5.40. The molecule has 1 saturated heterocycles. The van der Waals surface area contributed by atoms with Gasteiger partial charge in [0.25, 0.3) is 5.91 Å². The van der Waals surface area contributed by atoms with Crippen LogP contribution in [0.3, 0.4) is 0 Å². The average molecular weight is 484 g/mol. The first-order chi connectivity index (χ1) is 17.1. The van der Waals surface area contributed by atoms with E-state index in [1.165, 1.54) is 11.1 Å². The lowest BCUT2D eigenvalue weighted by atomic mass is 9.90. The number of benzene rings is 2. The largest absolute Gasteiger partial charge is 0.342 e. The minimum absolute atomic E-state index is 0.160. The maximum Gasteiger partial charge on any atom is 0.255 e. The topological polar surface area (TPSA) is 38.1 Å². The maximum absolute atomic E-state index is 13.7. The molecule has 3 heterocycles. The predicted octanol–water partition coefficient (Wildman–Crippen LogP) is 6.57. The van der Waals surface area contributed by atoms with Gasteiger partial charge in [0.1, 0.15) is 0 Å². The summed E-state index contributed by atoms with van der Waals surface area (Å²) >= 11 is 1.66. The lowest BCUT2D eigenvalue weighted by Crippen LogP contribution is -2.39. The summed E-state index contributed by atoms with van der Waals surface area (Å²) in [6.45, 7) is 6.60. The third-order valence-corrected chi connectivity index (χ3v) is 7.99. The lowest BCUT2D eigenvalue weighted by Gasteiger charge is -2.32. The number of piperidine rings is 1. The molecule has 35 heavy (non-hydrogen) atoms. The molecule has 4 aromatic rings. The van der Waals surface area contributed by atoms with Crippen molar-refractivity contribution in [3.63, 3.8) is 0 Å². The van der Waals surface area contributed by atoms with Crippen molar-refractivity contribution in [1.29, 1.82) is 0 Å². The van der Waals surface area contributed by atoms with E-state index in [1.54, 1.807) is 11.3 Å². The number of carbonyl (C=O) groups is 1. The number of amides is 1. The summed E-state index contributed by atoms with van der Waals surface area (Å²) in [5.41, 5.74) is 6.56. The fourth-order valence-electron chi connectivity index (χ4n) is 5.19. The van der Waals surface area contributed by atoms with E-state index in [2.05, 4.69) is 82.4 Å². The van der Waals surface area contributed by atoms with Gasteiger partial charge in [-0.2, -0.15) is 0 Å². The first-order valence-electron chi connectivity index (χ1n) is 12.6. The normalized spacial score (nSPS) is 14.4. The van der Waals surface area contributed by atoms with Crippen LogP contribution < -0.4 is 0 Å². The zero-order chi connectivity index (χ0) is 24.2. The predicted molar refractivity (Wildman–Crippen MR) is 144 cm³/mol. The van der Waals surface area contributed by atoms with E-state index in [4.69, 9.17) is 4.98 Å². The van der Waals surface area contributed by atoms with Gasteiger partial charge in [-0.05, 0) is 62.6 Å². The Kier molecular flexibility index (Phi) is 7.14. The molecule has 1 amide bonds. The van der Waals surface area contributed by atoms with Gasteiger partial charge < -0.3 is 9.47 Å². The Hall–Kier alpha value is -3.18. The lowest BCUT2D eigenvalue weighted by molar-refractivity contribution is 0.0689. The van der Waals surface area contributed by atoms with Crippen molar-refractivity contribution in [2.45, 2.75) is 46.1 Å². The first-order valence-corrected chi connectivity index (χ1v) is 13.5. The molecule has 4 nitrogen and oxygen atoms in total. The Bertz CT molecular complexity index is 1270. The zero-order valence-corrected chi connectivity index (χ0v) is 21.4. The SMILES string of the molecule is Cc1nc(-c2cc(C(=O)N3CCC(Cc4ccccc4)CC3)c(C)n2CCc2ccccc2)cs1. The van der Waals surface area contributed by atoms with Crippen LogP contribution in [0.1, 0.15) is 45.0 Å². The molecule has 2 aromatic heterocycles. The zero-order valence-electron chi connectivity index (χ0n) is 20.6. The standard InChI is InChI=1S/C30H33N3OS/c1-22-27(30(34)32-16-13-26(14-17-32)19-25-11-7-4-8-12-25)20-29(28-21-35-23(2)31-28)33(22)18-15-24-9-5-3-6-10-24/h3-12,20-21,26H,13-19H2,1-2H3. The van der Waals surface area contributed by atoms with E-state index >= 15 is 0 Å². The van der Waals surface area contributed by atoms with Crippen LogP contribution in [-0.2, 0) is 19.4 Å². The number of likely N-dealkylation sites (tertiary alicyclic amines) is 1. The van der Waals surface area contributed by atoms with Gasteiger partial charge in [0.15, 0.2) is 0 Å². The smallest absolute Gasteiger partial charge is 0.255 e. The van der Waals surface area contributed by atoms with Crippen molar-refractivity contribution in [2.75, 3.05) is 13.1 Å². The summed E-state index contributed by atoms with van der Waals surface area (Å²) < 4.78 is 2.29. The van der Waals surface area contributed by atoms with Crippen LogP contribution in [0.4, 0.5) is 0 Å². The summed E-state index contributed by atoms with van der Waals surface area (Å²) in [5.74, 6) is 0.805. The maximum atomic E-state index is 13.7. The van der Waals surface area contributed by atoms with Crippen LogP contribution >= 0.6 is 11.3 Å². The molecule has 0 unspecified atom stereocenters. The highest BCUT2D eigenvalue weighted by molar-refractivity contribution is 7.09. The Morgan fingerprint density at radius 3 is 2.26 bits per heavy atom. The Balaban J connectivity index is 1.33. The molecule has 0 spiro atoms. The van der Waals surface area contributed by atoms with Crippen molar-refractivity contribution in [3.05, 3.63) is 99.5 Å². The van der Waals surface area contributed by atoms with Crippen molar-refractivity contribution in [3.8, 4) is 11.4 Å². The van der Waals surface area contributed by atoms with Gasteiger partial charge in [-0.25, -0.2) is 4.98 Å². The van der Waals surface area contributed by atoms with Crippen LogP contribution in [0.15, 0.2) is 72.1 Å². The Morgan fingerprint density at radius 2 is 1.63 bits per heavy atom. The second kappa shape index (κ2) is 10.6. The summed E-state index contributed by atoms with van der Waals surface area (Å²) in [6.07, 6.45) is 4.15. The van der Waals surface area contributed by atoms with E-state index in [-0.39, 0.29) is 5.91 Å². The number of hydrogen-bond donors (Lipinski definition) is 0. The van der Waals surface area contributed by atoms with Crippen LogP contribution in [-0.4, -0.2) is 33.4 Å². The fourth-order valence-corrected chi connectivity index (χ4v) is 5.79. The van der Waals surface area contributed by atoms with E-state index < -0.39 is 0 Å². The summed E-state index contributed by atoms with van der Waals surface area (Å²) in [4.78, 5) is 20.5. The van der Waals surface area contributed by atoms with Gasteiger partial charge >= 0.3 is 0 Å². The van der Waals surface area contributed by atoms with Crippen molar-refractivity contribution >= 4 is 17.2 Å². The molecule has 180 valence electrons. The van der Waals surface area contributed by atoms with Gasteiger partial charge in [0.2, 0.25) is 0 Å². The van der Waals surface area contributed by atoms with Crippen LogP contribution in [0.25, 0.3) is 11.4 Å². The highest BCUT2D eigenvalue weighted by Crippen LogP contribution is 2.30. The molecule has 0 saturated carbocycles. The van der Waals surface area contributed by atoms with Crippen LogP contribution in [0.2, 0.25) is 0 Å². The molecule has 5 heteroatoms.